The Labute approximate surface area is 147 Å². The van der Waals surface area contributed by atoms with Gasteiger partial charge in [0.25, 0.3) is 11.4 Å². The molecule has 1 aliphatic rings. The van der Waals surface area contributed by atoms with Crippen molar-refractivity contribution >= 4 is 29.0 Å². The van der Waals surface area contributed by atoms with E-state index in [0.717, 1.165) is 24.8 Å². The number of aromatic nitrogens is 5. The molecule has 0 bridgehead atoms. The molecule has 0 saturated heterocycles. The number of nitrogens with two attached hydrogens (primary N) is 1. The van der Waals surface area contributed by atoms with Crippen LogP contribution in [0.5, 0.6) is 0 Å². The maximum atomic E-state index is 12.3. The fourth-order valence-electron chi connectivity index (χ4n) is 3.15. The minimum atomic E-state index is -0.495. The Balaban J connectivity index is 0.00000157. The average Bonchev–Trinajstić information content (AvgIpc) is 3.19. The number of nitrogens with one attached hydrogen (secondary N) is 1. The molecular formula is C16H15ClN6O2. The number of H-pyrrole nitrogens is 1. The van der Waals surface area contributed by atoms with Gasteiger partial charge in [0.15, 0.2) is 5.82 Å². The average molecular weight is 359 g/mol. The number of rotatable bonds is 2. The van der Waals surface area contributed by atoms with E-state index in [2.05, 4.69) is 20.2 Å². The number of benzene rings is 1. The molecule has 3 heterocycles. The van der Waals surface area contributed by atoms with E-state index < -0.39 is 5.54 Å². The van der Waals surface area contributed by atoms with Gasteiger partial charge in [-0.2, -0.15) is 10.1 Å². The Kier molecular flexibility index (Phi) is 3.41. The molecule has 3 N–H and O–H groups in total. The van der Waals surface area contributed by atoms with Gasteiger partial charge in [-0.15, -0.1) is 12.4 Å². The minimum absolute atomic E-state index is 0. The zero-order valence-electron chi connectivity index (χ0n) is 13.1. The topological polar surface area (TPSA) is 115 Å². The first kappa shape index (κ1) is 15.8. The van der Waals surface area contributed by atoms with E-state index in [4.69, 9.17) is 10.3 Å². The number of aromatic amines is 1. The Morgan fingerprint density at radius 2 is 2.08 bits per heavy atom. The normalized spacial score (nSPS) is 15.9. The van der Waals surface area contributed by atoms with E-state index >= 15 is 0 Å². The molecule has 0 radical (unpaired) electrons. The molecule has 8 nitrogen and oxygen atoms in total. The fraction of sp³-hybridized carbons (Fsp3) is 0.250. The van der Waals surface area contributed by atoms with E-state index in [1.165, 1.54) is 0 Å². The van der Waals surface area contributed by atoms with Crippen LogP contribution >= 0.6 is 12.4 Å². The molecule has 0 aliphatic heterocycles. The molecule has 1 aliphatic carbocycles. The predicted molar refractivity (Wildman–Crippen MR) is 93.6 cm³/mol. The molecule has 1 aromatic carbocycles. The molecule has 25 heavy (non-hydrogen) atoms. The molecule has 4 aromatic rings. The first-order valence-electron chi connectivity index (χ1n) is 7.78. The number of hydrogen-bond acceptors (Lipinski definition) is 6. The predicted octanol–water partition coefficient (Wildman–Crippen LogP) is 1.99. The summed E-state index contributed by atoms with van der Waals surface area (Å²) in [4.78, 5) is 19.6. The number of nitrogens with zero attached hydrogens (tertiary/aromatic N) is 4. The summed E-state index contributed by atoms with van der Waals surface area (Å²) < 4.78 is 7.04. The molecule has 0 spiro atoms. The van der Waals surface area contributed by atoms with Gasteiger partial charge in [-0.25, -0.2) is 4.52 Å². The van der Waals surface area contributed by atoms with Crippen molar-refractivity contribution < 1.29 is 4.52 Å². The van der Waals surface area contributed by atoms with Crippen molar-refractivity contribution in [1.29, 1.82) is 0 Å². The third-order valence-electron chi connectivity index (χ3n) is 4.73. The van der Waals surface area contributed by atoms with Crippen molar-refractivity contribution in [1.82, 2.24) is 24.7 Å². The molecule has 9 heteroatoms. The first-order valence-corrected chi connectivity index (χ1v) is 7.78. The lowest BCUT2D eigenvalue weighted by atomic mass is 9.77. The second-order valence-corrected chi connectivity index (χ2v) is 6.22. The highest BCUT2D eigenvalue weighted by Gasteiger charge is 2.39. The standard InChI is InChI=1S/C16H14N6O2.ClH/c17-16(6-3-7-16)15-20-14(24-21-15)10-8-18-22-11-5-2-1-4-9(11)13(23)19-12(10)22;/h1-2,4-5,8H,3,6-7,17H2,(H,19,23);1H. The first-order chi connectivity index (χ1) is 11.7. The van der Waals surface area contributed by atoms with Crippen molar-refractivity contribution in [2.24, 2.45) is 5.73 Å². The van der Waals surface area contributed by atoms with Crippen LogP contribution < -0.4 is 11.3 Å². The van der Waals surface area contributed by atoms with E-state index in [-0.39, 0.29) is 18.0 Å². The van der Waals surface area contributed by atoms with Crippen molar-refractivity contribution in [2.75, 3.05) is 0 Å². The van der Waals surface area contributed by atoms with Crippen molar-refractivity contribution in [2.45, 2.75) is 24.8 Å². The maximum absolute atomic E-state index is 12.3. The van der Waals surface area contributed by atoms with Gasteiger partial charge in [-0.3, -0.25) is 4.79 Å². The summed E-state index contributed by atoms with van der Waals surface area (Å²) in [6.07, 6.45) is 4.37. The van der Waals surface area contributed by atoms with Gasteiger partial charge in [0.05, 0.1) is 22.6 Å². The van der Waals surface area contributed by atoms with Crippen LogP contribution in [0.1, 0.15) is 25.1 Å². The second kappa shape index (κ2) is 5.40. The third-order valence-corrected chi connectivity index (χ3v) is 4.73. The molecule has 128 valence electrons. The lowest BCUT2D eigenvalue weighted by molar-refractivity contribution is 0.229. The Morgan fingerprint density at radius 1 is 1.28 bits per heavy atom. The summed E-state index contributed by atoms with van der Waals surface area (Å²) in [5.74, 6) is 0.814. The number of hydrogen-bond donors (Lipinski definition) is 2. The quantitative estimate of drug-likeness (QED) is 0.566. The SMILES string of the molecule is Cl.NC1(c2noc(-c3cnn4c3[nH]c(=O)c3ccccc34)n2)CCC1. The Morgan fingerprint density at radius 3 is 2.84 bits per heavy atom. The van der Waals surface area contributed by atoms with Gasteiger partial charge in [-0.05, 0) is 31.4 Å². The highest BCUT2D eigenvalue weighted by molar-refractivity contribution is 5.85. The minimum Gasteiger partial charge on any atom is -0.334 e. The highest BCUT2D eigenvalue weighted by atomic mass is 35.5. The van der Waals surface area contributed by atoms with Gasteiger partial charge in [0.2, 0.25) is 0 Å². The van der Waals surface area contributed by atoms with Crippen LogP contribution in [0.4, 0.5) is 0 Å². The van der Waals surface area contributed by atoms with Gasteiger partial charge < -0.3 is 15.2 Å². The summed E-state index contributed by atoms with van der Waals surface area (Å²) in [5, 5.41) is 8.95. The van der Waals surface area contributed by atoms with E-state index in [0.29, 0.717) is 28.3 Å². The van der Waals surface area contributed by atoms with Crippen LogP contribution in [0.15, 0.2) is 39.8 Å². The van der Waals surface area contributed by atoms with E-state index in [1.54, 1.807) is 16.8 Å². The molecular weight excluding hydrogens is 344 g/mol. The second-order valence-electron chi connectivity index (χ2n) is 6.22. The molecule has 1 fully saturated rings. The lowest BCUT2D eigenvalue weighted by Gasteiger charge is -2.34. The van der Waals surface area contributed by atoms with Crippen LogP contribution in [-0.2, 0) is 5.54 Å². The van der Waals surface area contributed by atoms with Gasteiger partial charge in [-0.1, -0.05) is 17.3 Å². The molecule has 0 atom stereocenters. The van der Waals surface area contributed by atoms with E-state index in [1.807, 2.05) is 18.2 Å². The fourth-order valence-corrected chi connectivity index (χ4v) is 3.15. The Hall–Kier alpha value is -2.71. The van der Waals surface area contributed by atoms with Gasteiger partial charge in [0, 0.05) is 0 Å². The molecule has 0 amide bonds. The van der Waals surface area contributed by atoms with E-state index in [9.17, 15) is 4.79 Å². The van der Waals surface area contributed by atoms with Crippen LogP contribution in [0.25, 0.3) is 28.0 Å². The molecule has 1 saturated carbocycles. The third kappa shape index (κ3) is 2.18. The van der Waals surface area contributed by atoms with Crippen LogP contribution in [0.3, 0.4) is 0 Å². The molecule has 5 rings (SSSR count). The summed E-state index contributed by atoms with van der Waals surface area (Å²) in [5.41, 5.74) is 7.38. The maximum Gasteiger partial charge on any atom is 0.263 e. The van der Waals surface area contributed by atoms with Crippen molar-refractivity contribution in [3.05, 3.63) is 46.6 Å². The zero-order chi connectivity index (χ0) is 16.3. The highest BCUT2D eigenvalue weighted by Crippen LogP contribution is 2.37. The van der Waals surface area contributed by atoms with Gasteiger partial charge >= 0.3 is 0 Å². The van der Waals surface area contributed by atoms with Gasteiger partial charge in [0.1, 0.15) is 11.2 Å². The van der Waals surface area contributed by atoms with Crippen LogP contribution in [0, 0.1) is 0 Å². The number of halogens is 1. The zero-order valence-corrected chi connectivity index (χ0v) is 13.9. The Bertz CT molecular complexity index is 1140. The summed E-state index contributed by atoms with van der Waals surface area (Å²) in [6, 6.07) is 7.28. The van der Waals surface area contributed by atoms with Crippen molar-refractivity contribution in [3.63, 3.8) is 0 Å². The number of fused-ring (bicyclic) bond motifs is 3. The summed E-state index contributed by atoms with van der Waals surface area (Å²) in [6.45, 7) is 0. The molecule has 3 aromatic heterocycles. The molecule has 0 unspecified atom stereocenters. The summed E-state index contributed by atoms with van der Waals surface area (Å²) >= 11 is 0. The van der Waals surface area contributed by atoms with Crippen LogP contribution in [-0.4, -0.2) is 24.7 Å². The summed E-state index contributed by atoms with van der Waals surface area (Å²) in [7, 11) is 0. The monoisotopic (exact) mass is 358 g/mol. The van der Waals surface area contributed by atoms with Crippen LogP contribution in [0.2, 0.25) is 0 Å². The number of para-hydroxylation sites is 1. The smallest absolute Gasteiger partial charge is 0.263 e. The largest absolute Gasteiger partial charge is 0.334 e. The lowest BCUT2D eigenvalue weighted by Crippen LogP contribution is -2.44. The van der Waals surface area contributed by atoms with Crippen molar-refractivity contribution in [3.8, 4) is 11.5 Å².